The highest BCUT2D eigenvalue weighted by atomic mass is 15.2. The smallest absolute Gasteiger partial charge is 0.218 e. The maximum atomic E-state index is 4.96. The highest BCUT2D eigenvalue weighted by molar-refractivity contribution is 5.70. The Kier molecular flexibility index (Phi) is 8.23. The molecule has 0 fully saturated rings. The molecule has 4 heteroatoms. The van der Waals surface area contributed by atoms with Gasteiger partial charge in [0, 0.05) is 17.0 Å². The first-order valence-corrected chi connectivity index (χ1v) is 17.7. The fourth-order valence-electron chi connectivity index (χ4n) is 8.46. The van der Waals surface area contributed by atoms with Crippen molar-refractivity contribution in [3.63, 3.8) is 0 Å². The van der Waals surface area contributed by atoms with E-state index in [1.807, 2.05) is 6.08 Å². The molecule has 2 aromatic heterocycles. The van der Waals surface area contributed by atoms with Crippen LogP contribution in [-0.4, -0.2) is 9.13 Å². The normalized spacial score (nSPS) is 17.5. The van der Waals surface area contributed by atoms with Gasteiger partial charge < -0.3 is 0 Å². The SMILES string of the molecule is C=C/C(=C(\C)[n+]1ccn2c1-c1ccccc1CCC1c3ccccc3-c3n(-c4c(C(C)C)cccc4C(C)C)cc[n+]3C1C2=C)C(C)C. The molecule has 2 unspecified atom stereocenters. The maximum Gasteiger partial charge on any atom is 0.299 e. The van der Waals surface area contributed by atoms with Crippen LogP contribution in [0.1, 0.15) is 101 Å². The molecule has 2 atom stereocenters. The van der Waals surface area contributed by atoms with Gasteiger partial charge in [0.25, 0.3) is 11.6 Å². The first-order chi connectivity index (χ1) is 23.1. The lowest BCUT2D eigenvalue weighted by Crippen LogP contribution is -2.48. The Bertz CT molecular complexity index is 2050. The zero-order valence-electron chi connectivity index (χ0n) is 29.7. The molecule has 48 heavy (non-hydrogen) atoms. The minimum Gasteiger partial charge on any atom is -0.218 e. The predicted molar refractivity (Wildman–Crippen MR) is 199 cm³/mol. The van der Waals surface area contributed by atoms with Gasteiger partial charge in [-0.05, 0) is 66.4 Å². The molecule has 244 valence electrons. The van der Waals surface area contributed by atoms with Crippen LogP contribution < -0.4 is 9.13 Å². The molecule has 0 aliphatic carbocycles. The third-order valence-corrected chi connectivity index (χ3v) is 10.8. The van der Waals surface area contributed by atoms with Crippen LogP contribution in [0.5, 0.6) is 0 Å². The van der Waals surface area contributed by atoms with Gasteiger partial charge in [0.1, 0.15) is 41.9 Å². The number of para-hydroxylation sites is 1. The van der Waals surface area contributed by atoms with Crippen LogP contribution in [0.25, 0.3) is 39.9 Å². The van der Waals surface area contributed by atoms with Gasteiger partial charge in [-0.3, -0.25) is 0 Å². The van der Waals surface area contributed by atoms with E-state index < -0.39 is 0 Å². The molecule has 0 saturated heterocycles. The molecule has 3 aromatic carbocycles. The highest BCUT2D eigenvalue weighted by Crippen LogP contribution is 2.47. The number of aromatic nitrogens is 4. The van der Waals surface area contributed by atoms with E-state index in [1.54, 1.807) is 0 Å². The van der Waals surface area contributed by atoms with Crippen LogP contribution >= 0.6 is 0 Å². The third kappa shape index (κ3) is 4.96. The Morgan fingerprint density at radius 3 is 2.10 bits per heavy atom. The van der Waals surface area contributed by atoms with Crippen LogP contribution in [0.4, 0.5) is 0 Å². The van der Waals surface area contributed by atoms with E-state index in [4.69, 9.17) is 6.58 Å². The molecule has 0 bridgehead atoms. The van der Waals surface area contributed by atoms with Crippen molar-refractivity contribution >= 4 is 11.4 Å². The van der Waals surface area contributed by atoms with Crippen molar-refractivity contribution in [2.45, 2.75) is 85.1 Å². The summed E-state index contributed by atoms with van der Waals surface area (Å²) in [5.41, 5.74) is 13.0. The summed E-state index contributed by atoms with van der Waals surface area (Å²) in [6.45, 7) is 25.1. The summed E-state index contributed by atoms with van der Waals surface area (Å²) in [5, 5.41) is 0. The molecule has 2 aliphatic heterocycles. The van der Waals surface area contributed by atoms with Gasteiger partial charge >= 0.3 is 0 Å². The average Bonchev–Trinajstić information content (AvgIpc) is 3.72. The summed E-state index contributed by atoms with van der Waals surface area (Å²) >= 11 is 0. The average molecular weight is 635 g/mol. The topological polar surface area (TPSA) is 17.6 Å². The largest absolute Gasteiger partial charge is 0.299 e. The van der Waals surface area contributed by atoms with E-state index in [1.165, 1.54) is 56.2 Å². The summed E-state index contributed by atoms with van der Waals surface area (Å²) in [6.07, 6.45) is 13.1. The zero-order valence-corrected chi connectivity index (χ0v) is 29.7. The van der Waals surface area contributed by atoms with Gasteiger partial charge in [-0.2, -0.15) is 13.7 Å². The van der Waals surface area contributed by atoms with Crippen LogP contribution in [0.15, 0.2) is 116 Å². The van der Waals surface area contributed by atoms with Crippen molar-refractivity contribution in [1.29, 1.82) is 0 Å². The Labute approximate surface area is 287 Å². The molecule has 4 nitrogen and oxygen atoms in total. The van der Waals surface area contributed by atoms with E-state index in [0.717, 1.165) is 24.4 Å². The molecular formula is C44H50N4+2. The maximum absolute atomic E-state index is 4.96. The van der Waals surface area contributed by atoms with Gasteiger partial charge in [-0.1, -0.05) is 115 Å². The van der Waals surface area contributed by atoms with Crippen molar-refractivity contribution in [1.82, 2.24) is 9.13 Å². The summed E-state index contributed by atoms with van der Waals surface area (Å²) in [7, 11) is 0. The van der Waals surface area contributed by atoms with E-state index in [2.05, 4.69) is 165 Å². The van der Waals surface area contributed by atoms with Crippen LogP contribution in [0, 0.1) is 5.92 Å². The second-order valence-corrected chi connectivity index (χ2v) is 14.6. The Balaban J connectivity index is 1.51. The molecular weight excluding hydrogens is 585 g/mol. The lowest BCUT2D eigenvalue weighted by atomic mass is 9.79. The van der Waals surface area contributed by atoms with Gasteiger partial charge in [-0.15, -0.1) is 0 Å². The number of benzene rings is 3. The van der Waals surface area contributed by atoms with Gasteiger partial charge in [-0.25, -0.2) is 4.57 Å². The van der Waals surface area contributed by atoms with Crippen LogP contribution in [-0.2, 0) is 6.42 Å². The second-order valence-electron chi connectivity index (χ2n) is 14.6. The van der Waals surface area contributed by atoms with E-state index in [-0.39, 0.29) is 12.0 Å². The van der Waals surface area contributed by atoms with E-state index in [0.29, 0.717) is 17.8 Å². The predicted octanol–water partition coefficient (Wildman–Crippen LogP) is 10.3. The zero-order chi connectivity index (χ0) is 33.9. The summed E-state index contributed by atoms with van der Waals surface area (Å²) in [4.78, 5) is 0. The lowest BCUT2D eigenvalue weighted by Gasteiger charge is -2.31. The second kappa shape index (κ2) is 12.4. The van der Waals surface area contributed by atoms with Crippen molar-refractivity contribution in [3.8, 4) is 28.5 Å². The monoisotopic (exact) mass is 634 g/mol. The fourth-order valence-corrected chi connectivity index (χ4v) is 8.46. The lowest BCUT2D eigenvalue weighted by molar-refractivity contribution is -0.703. The number of hydrogen-bond donors (Lipinski definition) is 0. The van der Waals surface area contributed by atoms with Crippen LogP contribution in [0.2, 0.25) is 0 Å². The van der Waals surface area contributed by atoms with Crippen LogP contribution in [0.3, 0.4) is 0 Å². The Morgan fingerprint density at radius 2 is 1.44 bits per heavy atom. The standard InChI is InChI=1S/C44H50N4/c1-10-34(28(2)3)31(8)45-24-25-46-32(9)41-39(23-22-33-16-11-12-17-37(33)43(45)46)38-18-13-14-19-40(38)44-47(41)26-27-48(44)42-35(29(4)5)20-15-21-36(42)30(6)7/h10-21,24-30,39,41H,1,9,22-23H2,2-8H3/q+2/b34-31-. The molecule has 2 aliphatic rings. The Morgan fingerprint density at radius 1 is 0.792 bits per heavy atom. The van der Waals surface area contributed by atoms with Gasteiger partial charge in [0.2, 0.25) is 0 Å². The van der Waals surface area contributed by atoms with Crippen molar-refractivity contribution in [3.05, 3.63) is 139 Å². The number of rotatable bonds is 6. The van der Waals surface area contributed by atoms with Crippen molar-refractivity contribution < 1.29 is 9.13 Å². The molecule has 0 amide bonds. The third-order valence-electron chi connectivity index (χ3n) is 10.8. The molecule has 0 saturated carbocycles. The first-order valence-electron chi connectivity index (χ1n) is 17.7. The van der Waals surface area contributed by atoms with E-state index >= 15 is 0 Å². The minimum absolute atomic E-state index is 0.0343. The van der Waals surface area contributed by atoms with E-state index in [9.17, 15) is 0 Å². The van der Waals surface area contributed by atoms with Gasteiger partial charge in [0.05, 0.1) is 11.1 Å². The fraction of sp³-hybridized carbons (Fsp3) is 0.318. The first kappa shape index (κ1) is 31.9. The summed E-state index contributed by atoms with van der Waals surface area (Å²) in [5.74, 6) is 3.80. The number of nitrogens with zero attached hydrogens (tertiary/aromatic N) is 4. The molecule has 0 spiro atoms. The van der Waals surface area contributed by atoms with Gasteiger partial charge in [0.15, 0.2) is 6.04 Å². The number of allylic oxidation sites excluding steroid dienone is 4. The summed E-state index contributed by atoms with van der Waals surface area (Å²) in [6, 6.07) is 25.0. The molecule has 5 aromatic rings. The molecule has 0 radical (unpaired) electrons. The number of imidazole rings is 2. The minimum atomic E-state index is 0.0343. The number of hydrogen-bond acceptors (Lipinski definition) is 0. The quantitative estimate of drug-likeness (QED) is 0.131. The molecule has 0 N–H and O–H groups in total. The summed E-state index contributed by atoms with van der Waals surface area (Å²) < 4.78 is 9.75. The highest BCUT2D eigenvalue weighted by Gasteiger charge is 2.46. The number of aryl methyl sites for hydroxylation is 1. The Hall–Kier alpha value is -4.70. The van der Waals surface area contributed by atoms with Crippen molar-refractivity contribution in [2.24, 2.45) is 5.92 Å². The number of fused-ring (bicyclic) bond motifs is 9. The molecule has 4 heterocycles. The molecule has 7 rings (SSSR count). The van der Waals surface area contributed by atoms with Crippen molar-refractivity contribution in [2.75, 3.05) is 0 Å².